The third-order valence-corrected chi connectivity index (χ3v) is 12.9. The number of carbonyl (C=O) groups excluding carboxylic acids is 1. The van der Waals surface area contributed by atoms with Crippen molar-refractivity contribution in [2.45, 2.75) is 96.2 Å². The maximum absolute atomic E-state index is 15.0. The minimum Gasteiger partial charge on any atom is -0.487 e. The molecular weight excluding hydrogens is 839 g/mol. The molecule has 1 fully saturated rings. The second-order valence-electron chi connectivity index (χ2n) is 17.2. The Morgan fingerprint density at radius 2 is 1.80 bits per heavy atom. The van der Waals surface area contributed by atoms with Crippen LogP contribution < -0.4 is 9.47 Å². The van der Waals surface area contributed by atoms with E-state index in [1.54, 1.807) is 42.5 Å². The number of pyridine rings is 1. The highest BCUT2D eigenvalue weighted by molar-refractivity contribution is 6.03. The van der Waals surface area contributed by atoms with Crippen LogP contribution in [0.2, 0.25) is 0 Å². The summed E-state index contributed by atoms with van der Waals surface area (Å²) < 4.78 is 20.9. The van der Waals surface area contributed by atoms with Gasteiger partial charge in [-0.05, 0) is 129 Å². The van der Waals surface area contributed by atoms with E-state index in [4.69, 9.17) is 24.2 Å². The number of aromatic nitrogens is 1. The number of nitro benzene ring substituents is 1. The summed E-state index contributed by atoms with van der Waals surface area (Å²) in [6.45, 7) is 8.85. The van der Waals surface area contributed by atoms with Crippen LogP contribution in [0.15, 0.2) is 114 Å². The van der Waals surface area contributed by atoms with Gasteiger partial charge in [-0.3, -0.25) is 19.9 Å². The first kappa shape index (κ1) is 47.6. The lowest BCUT2D eigenvalue weighted by Crippen LogP contribution is -2.70. The second-order valence-corrected chi connectivity index (χ2v) is 17.2. The summed E-state index contributed by atoms with van der Waals surface area (Å²) in [6.07, 6.45) is 9.11. The molecule has 0 spiro atoms. The standard InChI is InChI=1S/C52H59N5O9/c1-4-25-56(51(60)38-19-15-36(32-53)16-20-38)48-31-46(55-65-33-37-17-21-41(22-18-37)57(61)62)44-29-39(12-6-8-26-58)43(14-7-9-27-59)49-45-30-42(63-34-40-13-10-11-35(3)54-40)23-24-47(45)66-52(48,50(44)49)64-28-5-2/h5,10-11,13,15-24,29-30,39,43,48-50,58-59H,2,4,6-9,12,14,25-28,31,33-34H2,1,3H3/t39-,43+,48-,49+,50+,52+/m0/s1. The number of amides is 1. The number of fused-ring (bicyclic) bond motifs is 2. The molecular formula is C52H59N5O9. The second kappa shape index (κ2) is 22.2. The van der Waals surface area contributed by atoms with E-state index < -0.39 is 22.7 Å². The Morgan fingerprint density at radius 1 is 1.05 bits per heavy atom. The van der Waals surface area contributed by atoms with Gasteiger partial charge in [0.1, 0.15) is 30.8 Å². The number of hydrogen-bond donors (Lipinski definition) is 2. The average molecular weight is 898 g/mol. The molecule has 14 nitrogen and oxygen atoms in total. The van der Waals surface area contributed by atoms with E-state index in [1.807, 2.05) is 49.1 Å². The Labute approximate surface area is 386 Å². The summed E-state index contributed by atoms with van der Waals surface area (Å²) in [4.78, 5) is 38.6. The van der Waals surface area contributed by atoms with Gasteiger partial charge in [0.05, 0.1) is 40.5 Å². The number of rotatable bonds is 22. The van der Waals surface area contributed by atoms with Gasteiger partial charge < -0.3 is 34.2 Å². The van der Waals surface area contributed by atoms with Crippen molar-refractivity contribution in [2.24, 2.45) is 22.9 Å². The van der Waals surface area contributed by atoms with Crippen LogP contribution in [0.1, 0.15) is 103 Å². The van der Waals surface area contributed by atoms with Crippen molar-refractivity contribution in [3.05, 3.63) is 153 Å². The number of carbonyl (C=O) groups is 1. The van der Waals surface area contributed by atoms with E-state index in [-0.39, 0.29) is 68.8 Å². The molecule has 1 amide bonds. The van der Waals surface area contributed by atoms with Crippen LogP contribution in [0.5, 0.6) is 11.5 Å². The first-order valence-corrected chi connectivity index (χ1v) is 22.9. The fourth-order valence-electron chi connectivity index (χ4n) is 9.97. The van der Waals surface area contributed by atoms with Crippen LogP contribution in [0, 0.1) is 46.1 Å². The van der Waals surface area contributed by atoms with Gasteiger partial charge in [-0.1, -0.05) is 43.1 Å². The summed E-state index contributed by atoms with van der Waals surface area (Å²) in [5.74, 6) is -1.28. The van der Waals surface area contributed by atoms with Crippen molar-refractivity contribution in [1.29, 1.82) is 5.26 Å². The van der Waals surface area contributed by atoms with Gasteiger partial charge in [-0.25, -0.2) is 0 Å². The Morgan fingerprint density at radius 3 is 2.48 bits per heavy atom. The first-order chi connectivity index (χ1) is 32.1. The number of ether oxygens (including phenoxy) is 3. The Balaban J connectivity index is 1.42. The van der Waals surface area contributed by atoms with Crippen LogP contribution in [0.25, 0.3) is 0 Å². The highest BCUT2D eigenvalue weighted by Crippen LogP contribution is 2.62. The quantitative estimate of drug-likeness (QED) is 0.0331. The van der Waals surface area contributed by atoms with Gasteiger partial charge in [-0.2, -0.15) is 5.26 Å². The molecule has 14 heteroatoms. The van der Waals surface area contributed by atoms with Gasteiger partial charge in [0.15, 0.2) is 0 Å². The van der Waals surface area contributed by atoms with Crippen molar-refractivity contribution in [3.8, 4) is 17.6 Å². The molecule has 1 aliphatic heterocycles. The fourth-order valence-corrected chi connectivity index (χ4v) is 9.97. The van der Waals surface area contributed by atoms with Crippen molar-refractivity contribution >= 4 is 17.3 Å². The number of aliphatic hydroxyl groups is 2. The normalized spacial score (nSPS) is 22.2. The molecule has 0 saturated heterocycles. The number of non-ortho nitro benzene ring substituents is 1. The summed E-state index contributed by atoms with van der Waals surface area (Å²) >= 11 is 0. The summed E-state index contributed by atoms with van der Waals surface area (Å²) in [5, 5.41) is 45.8. The molecule has 3 aromatic carbocycles. The lowest BCUT2D eigenvalue weighted by molar-refractivity contribution is -0.384. The Kier molecular flexibility index (Phi) is 16.0. The van der Waals surface area contributed by atoms with Crippen LogP contribution in [-0.2, 0) is 22.8 Å². The van der Waals surface area contributed by atoms with Crippen LogP contribution in [0.4, 0.5) is 5.69 Å². The molecule has 4 aromatic rings. The number of hydrogen-bond acceptors (Lipinski definition) is 12. The zero-order chi connectivity index (χ0) is 46.6. The van der Waals surface area contributed by atoms with Gasteiger partial charge in [-0.15, -0.1) is 6.58 Å². The van der Waals surface area contributed by atoms with E-state index in [2.05, 4.69) is 29.8 Å². The maximum atomic E-state index is 15.0. The lowest BCUT2D eigenvalue weighted by Gasteiger charge is -2.60. The molecule has 1 saturated carbocycles. The number of nitriles is 1. The van der Waals surface area contributed by atoms with E-state index >= 15 is 4.79 Å². The highest BCUT2D eigenvalue weighted by atomic mass is 16.7. The van der Waals surface area contributed by atoms with Gasteiger partial charge in [0.25, 0.3) is 11.6 Å². The summed E-state index contributed by atoms with van der Waals surface area (Å²) in [7, 11) is 0. The van der Waals surface area contributed by atoms with Crippen molar-refractivity contribution in [2.75, 3.05) is 26.4 Å². The monoisotopic (exact) mass is 897 g/mol. The largest absolute Gasteiger partial charge is 0.487 e. The molecule has 1 aromatic heterocycles. The number of aliphatic hydroxyl groups excluding tert-OH is 2. The predicted octanol–water partition coefficient (Wildman–Crippen LogP) is 9.14. The molecule has 2 heterocycles. The molecule has 2 N–H and O–H groups in total. The Hall–Kier alpha value is -6.40. The zero-order valence-corrected chi connectivity index (χ0v) is 37.7. The minimum absolute atomic E-state index is 0.00178. The molecule has 7 rings (SSSR count). The lowest BCUT2D eigenvalue weighted by atomic mass is 9.55. The van der Waals surface area contributed by atoms with E-state index in [0.29, 0.717) is 59.7 Å². The van der Waals surface area contributed by atoms with E-state index in [1.165, 1.54) is 12.1 Å². The topological polar surface area (TPSA) is 190 Å². The third-order valence-electron chi connectivity index (χ3n) is 12.9. The van der Waals surface area contributed by atoms with Gasteiger partial charge >= 0.3 is 0 Å². The molecule has 0 unspecified atom stereocenters. The Bertz CT molecular complexity index is 2430. The van der Waals surface area contributed by atoms with E-state index in [9.17, 15) is 25.6 Å². The third kappa shape index (κ3) is 10.5. The van der Waals surface area contributed by atoms with Crippen LogP contribution >= 0.6 is 0 Å². The van der Waals surface area contributed by atoms with Gasteiger partial charge in [0, 0.05) is 61.1 Å². The number of aryl methyl sites for hydroxylation is 1. The molecule has 0 bridgehead atoms. The number of allylic oxidation sites excluding steroid dienone is 1. The van der Waals surface area contributed by atoms with Crippen molar-refractivity contribution in [3.63, 3.8) is 0 Å². The average Bonchev–Trinajstić information content (AvgIpc) is 3.33. The molecule has 2 aliphatic carbocycles. The highest BCUT2D eigenvalue weighted by Gasteiger charge is 2.65. The summed E-state index contributed by atoms with van der Waals surface area (Å²) in [5.41, 5.74) is 5.60. The maximum Gasteiger partial charge on any atom is 0.269 e. The molecule has 0 radical (unpaired) electrons. The SMILES string of the molecule is C=CCO[C@@]12Oc3ccc(OCc4cccc(C)n4)cc3[C@H]3[C@H](CCCCO)[C@@H](CCCCO)C=C(C(=NOCc4ccc([N+](=O)[O-])cc4)C[C@@H]1N(CCC)C(=O)c1ccc(C#N)cc1)[C@H]32. The number of nitro groups is 1. The number of nitrogens with zero attached hydrogens (tertiary/aromatic N) is 5. The van der Waals surface area contributed by atoms with Gasteiger partial charge in [0.2, 0.25) is 5.79 Å². The van der Waals surface area contributed by atoms with Crippen molar-refractivity contribution in [1.82, 2.24) is 9.88 Å². The van der Waals surface area contributed by atoms with E-state index in [0.717, 1.165) is 48.2 Å². The molecule has 6 atom stereocenters. The first-order valence-electron chi connectivity index (χ1n) is 22.9. The van der Waals surface area contributed by atoms with Crippen LogP contribution in [-0.4, -0.2) is 74.8 Å². The number of oxime groups is 1. The predicted molar refractivity (Wildman–Crippen MR) is 249 cm³/mol. The smallest absolute Gasteiger partial charge is 0.269 e. The zero-order valence-electron chi connectivity index (χ0n) is 37.7. The van der Waals surface area contributed by atoms with Crippen LogP contribution in [0.3, 0.4) is 0 Å². The van der Waals surface area contributed by atoms with Crippen molar-refractivity contribution < 1.29 is 39.0 Å². The summed E-state index contributed by atoms with van der Waals surface area (Å²) in [6, 6.07) is 25.8. The fraction of sp³-hybridized carbons (Fsp3) is 0.423. The molecule has 346 valence electrons. The molecule has 66 heavy (non-hydrogen) atoms. The minimum atomic E-state index is -1.47. The number of unbranched alkanes of at least 4 members (excludes halogenated alkanes) is 2. The molecule has 3 aliphatic rings. The number of benzene rings is 3.